The van der Waals surface area contributed by atoms with Crippen molar-refractivity contribution in [1.82, 2.24) is 4.57 Å². The van der Waals surface area contributed by atoms with Crippen molar-refractivity contribution in [1.29, 1.82) is 0 Å². The number of hydrogen-bond donors (Lipinski definition) is 0. The number of β-lactam (4-membered cyclic amide) rings is 1. The summed E-state index contributed by atoms with van der Waals surface area (Å²) < 4.78 is 2.29. The molecule has 0 aromatic heterocycles. The van der Waals surface area contributed by atoms with Crippen LogP contribution >= 0.6 is 0 Å². The molecule has 0 radical (unpaired) electrons. The molecule has 1 saturated heterocycles. The first-order chi connectivity index (χ1) is 9.70. The highest BCUT2D eigenvalue weighted by Crippen LogP contribution is 2.46. The van der Waals surface area contributed by atoms with Crippen LogP contribution in [0.5, 0.6) is 0 Å². The molecule has 2 atom stereocenters. The molecular weight excluding hydrogens is 274 g/mol. The van der Waals surface area contributed by atoms with Gasteiger partial charge < -0.3 is 4.57 Å². The van der Waals surface area contributed by atoms with Crippen LogP contribution in [-0.4, -0.2) is 24.7 Å². The lowest BCUT2D eigenvalue weighted by atomic mass is 9.84. The number of carbonyl (C=O) groups excluding carboxylic acids is 1. The van der Waals surface area contributed by atoms with Gasteiger partial charge >= 0.3 is 0 Å². The van der Waals surface area contributed by atoms with Crippen LogP contribution < -0.4 is 0 Å². The predicted molar refractivity (Wildman–Crippen MR) is 91.8 cm³/mol. The van der Waals surface area contributed by atoms with Crippen molar-refractivity contribution in [3.05, 3.63) is 35.9 Å². The fraction of sp³-hybridized carbons (Fsp3) is 0.611. The number of amides is 1. The third-order valence-electron chi connectivity index (χ3n) is 5.52. The number of nitrogens with zero attached hydrogens (tertiary/aromatic N) is 1. The summed E-state index contributed by atoms with van der Waals surface area (Å²) in [5, 5.41) is 0.205. The minimum absolute atomic E-state index is 0.205. The van der Waals surface area contributed by atoms with E-state index in [2.05, 4.69) is 75.7 Å². The van der Waals surface area contributed by atoms with Crippen molar-refractivity contribution in [2.24, 2.45) is 5.92 Å². The van der Waals surface area contributed by atoms with Gasteiger partial charge in [0.05, 0.1) is 5.92 Å². The summed E-state index contributed by atoms with van der Waals surface area (Å²) in [4.78, 5) is 12.6. The van der Waals surface area contributed by atoms with E-state index in [-0.39, 0.29) is 11.0 Å². The van der Waals surface area contributed by atoms with Gasteiger partial charge in [-0.25, -0.2) is 0 Å². The van der Waals surface area contributed by atoms with Crippen LogP contribution in [0.25, 0.3) is 0 Å². The Balaban J connectivity index is 2.26. The normalized spacial score (nSPS) is 23.1. The lowest BCUT2D eigenvalue weighted by Crippen LogP contribution is -2.73. The molecule has 0 unspecified atom stereocenters. The molecule has 116 valence electrons. The molecule has 1 aliphatic rings. The van der Waals surface area contributed by atoms with Gasteiger partial charge in [-0.05, 0) is 23.4 Å². The van der Waals surface area contributed by atoms with Crippen molar-refractivity contribution < 1.29 is 4.79 Å². The van der Waals surface area contributed by atoms with E-state index < -0.39 is 8.24 Å². The second-order valence-electron chi connectivity index (χ2n) is 7.79. The maximum absolute atomic E-state index is 12.6. The Morgan fingerprint density at radius 1 is 1.14 bits per heavy atom. The largest absolute Gasteiger partial charge is 0.365 e. The first kappa shape index (κ1) is 16.3. The highest BCUT2D eigenvalue weighted by Gasteiger charge is 2.56. The minimum atomic E-state index is -1.78. The molecule has 0 spiro atoms. The van der Waals surface area contributed by atoms with Crippen LogP contribution in [0.4, 0.5) is 0 Å². The van der Waals surface area contributed by atoms with Gasteiger partial charge in [-0.3, -0.25) is 4.79 Å². The Bertz CT molecular complexity index is 504. The molecule has 1 heterocycles. The van der Waals surface area contributed by atoms with Gasteiger partial charge in [0.15, 0.2) is 8.24 Å². The first-order valence-corrected chi connectivity index (χ1v) is 11.0. The smallest absolute Gasteiger partial charge is 0.220 e. The van der Waals surface area contributed by atoms with E-state index in [4.69, 9.17) is 0 Å². The number of hydrogen-bond acceptors (Lipinski definition) is 1. The van der Waals surface area contributed by atoms with Crippen LogP contribution in [0.15, 0.2) is 30.3 Å². The fourth-order valence-corrected chi connectivity index (χ4v) is 5.73. The van der Waals surface area contributed by atoms with Gasteiger partial charge in [-0.15, -0.1) is 0 Å². The summed E-state index contributed by atoms with van der Waals surface area (Å²) in [7, 11) is -1.78. The molecule has 0 aliphatic carbocycles. The zero-order valence-corrected chi connectivity index (χ0v) is 15.3. The van der Waals surface area contributed by atoms with Gasteiger partial charge in [0.25, 0.3) is 0 Å². The molecule has 1 aromatic carbocycles. The highest BCUT2D eigenvalue weighted by atomic mass is 28.3. The van der Waals surface area contributed by atoms with E-state index in [0.29, 0.717) is 11.9 Å². The Morgan fingerprint density at radius 2 is 1.71 bits per heavy atom. The average molecular weight is 304 g/mol. The molecule has 0 saturated carbocycles. The second kappa shape index (κ2) is 5.60. The standard InChI is InChI=1S/C18H29NOSi/c1-7-15-16(13-14-11-9-8-10-12-14)19(17(15)20)21(5,6)18(2,3)4/h8-12,15-16H,7,13H2,1-6H3/t15-,16-/m1/s1. The zero-order chi connectivity index (χ0) is 15.8. The fourth-order valence-electron chi connectivity index (χ4n) is 3.19. The summed E-state index contributed by atoms with van der Waals surface area (Å²) in [5.41, 5.74) is 1.34. The highest BCUT2D eigenvalue weighted by molar-refractivity contribution is 6.80. The van der Waals surface area contributed by atoms with E-state index in [1.54, 1.807) is 0 Å². The maximum Gasteiger partial charge on any atom is 0.220 e. The Hall–Kier alpha value is -1.09. The van der Waals surface area contributed by atoms with E-state index in [0.717, 1.165) is 12.8 Å². The van der Waals surface area contributed by atoms with Crippen LogP contribution in [-0.2, 0) is 11.2 Å². The Kier molecular flexibility index (Phi) is 4.34. The molecule has 1 aromatic rings. The number of carbonyl (C=O) groups is 1. The van der Waals surface area contributed by atoms with Crippen LogP contribution in [0.3, 0.4) is 0 Å². The van der Waals surface area contributed by atoms with Crippen molar-refractivity contribution in [2.75, 3.05) is 0 Å². The Labute approximate surface area is 130 Å². The second-order valence-corrected chi connectivity index (χ2v) is 12.9. The van der Waals surface area contributed by atoms with Crippen LogP contribution in [0.1, 0.15) is 39.7 Å². The molecule has 0 N–H and O–H groups in total. The quantitative estimate of drug-likeness (QED) is 0.593. The van der Waals surface area contributed by atoms with E-state index >= 15 is 0 Å². The monoisotopic (exact) mass is 303 g/mol. The van der Waals surface area contributed by atoms with Crippen molar-refractivity contribution in [3.63, 3.8) is 0 Å². The molecule has 1 aliphatic heterocycles. The summed E-state index contributed by atoms with van der Waals surface area (Å²) in [6.45, 7) is 13.7. The van der Waals surface area contributed by atoms with Gasteiger partial charge in [0.2, 0.25) is 5.91 Å². The number of rotatable bonds is 4. The average Bonchev–Trinajstić information content (AvgIpc) is 2.38. The Morgan fingerprint density at radius 3 is 2.19 bits per heavy atom. The summed E-state index contributed by atoms with van der Waals surface area (Å²) in [6, 6.07) is 11.0. The first-order valence-electron chi connectivity index (χ1n) is 8.07. The van der Waals surface area contributed by atoms with Gasteiger partial charge in [0, 0.05) is 6.04 Å². The summed E-state index contributed by atoms with van der Waals surface area (Å²) in [5.74, 6) is 0.615. The van der Waals surface area contributed by atoms with E-state index in [1.165, 1.54) is 5.56 Å². The molecule has 2 rings (SSSR count). The lowest BCUT2D eigenvalue weighted by Gasteiger charge is -2.58. The topological polar surface area (TPSA) is 20.3 Å². The van der Waals surface area contributed by atoms with E-state index in [1.807, 2.05) is 0 Å². The van der Waals surface area contributed by atoms with Crippen molar-refractivity contribution >= 4 is 14.1 Å². The molecule has 1 fully saturated rings. The summed E-state index contributed by atoms with van der Waals surface area (Å²) in [6.07, 6.45) is 1.96. The zero-order valence-electron chi connectivity index (χ0n) is 14.3. The molecule has 0 bridgehead atoms. The molecular formula is C18H29NOSi. The van der Waals surface area contributed by atoms with Gasteiger partial charge in [-0.1, -0.05) is 71.1 Å². The molecule has 1 amide bonds. The van der Waals surface area contributed by atoms with Crippen LogP contribution in [0.2, 0.25) is 18.1 Å². The molecule has 2 nitrogen and oxygen atoms in total. The lowest BCUT2D eigenvalue weighted by molar-refractivity contribution is -0.148. The maximum atomic E-state index is 12.6. The molecule has 21 heavy (non-hydrogen) atoms. The number of benzene rings is 1. The van der Waals surface area contributed by atoms with Gasteiger partial charge in [-0.2, -0.15) is 0 Å². The van der Waals surface area contributed by atoms with E-state index in [9.17, 15) is 4.79 Å². The van der Waals surface area contributed by atoms with Gasteiger partial charge in [0.1, 0.15) is 0 Å². The third-order valence-corrected chi connectivity index (χ3v) is 10.9. The summed E-state index contributed by atoms with van der Waals surface area (Å²) >= 11 is 0. The van der Waals surface area contributed by atoms with Crippen LogP contribution in [0, 0.1) is 5.92 Å². The molecule has 3 heteroatoms. The minimum Gasteiger partial charge on any atom is -0.365 e. The SMILES string of the molecule is CC[C@H]1C(=O)N([Si](C)(C)C(C)(C)C)[C@@H]1Cc1ccccc1. The van der Waals surface area contributed by atoms with Crippen molar-refractivity contribution in [3.8, 4) is 0 Å². The third kappa shape index (κ3) is 2.80. The predicted octanol–water partition coefficient (Wildman–Crippen LogP) is 4.47. The van der Waals surface area contributed by atoms with Crippen molar-refractivity contribution in [2.45, 2.75) is 64.7 Å².